The first-order valence-corrected chi connectivity index (χ1v) is 5.80. The number of nitrogens with one attached hydrogen (secondary N) is 1. The van der Waals surface area contributed by atoms with E-state index in [1.54, 1.807) is 19.1 Å². The number of carbonyl (C=O) groups excluding carboxylic acids is 1. The predicted molar refractivity (Wildman–Crippen MR) is 75.0 cm³/mol. The van der Waals surface area contributed by atoms with Gasteiger partial charge in [-0.3, -0.25) is 10.1 Å². The van der Waals surface area contributed by atoms with E-state index in [1.807, 2.05) is 0 Å². The Morgan fingerprint density at radius 2 is 1.79 bits per heavy atom. The van der Waals surface area contributed by atoms with Crippen LogP contribution >= 0.6 is 11.6 Å². The maximum Gasteiger partial charge on any atom is 0.258 e. The van der Waals surface area contributed by atoms with Crippen LogP contribution in [-0.4, -0.2) is 15.9 Å². The van der Waals surface area contributed by atoms with Crippen LogP contribution in [0.1, 0.15) is 16.1 Å². The van der Waals surface area contributed by atoms with Gasteiger partial charge in [0.15, 0.2) is 0 Å². The van der Waals surface area contributed by atoms with E-state index in [9.17, 15) is 4.79 Å². The molecule has 1 aromatic heterocycles. The summed E-state index contributed by atoms with van der Waals surface area (Å²) in [5.41, 5.74) is 13.1. The summed E-state index contributed by atoms with van der Waals surface area (Å²) in [6.07, 6.45) is 0. The fraction of sp³-hybridized carbons (Fsp3) is 0.0833. The van der Waals surface area contributed by atoms with Gasteiger partial charge >= 0.3 is 0 Å². The Hall–Kier alpha value is -2.34. The van der Waals surface area contributed by atoms with E-state index in [0.29, 0.717) is 22.6 Å². The van der Waals surface area contributed by atoms with Crippen molar-refractivity contribution in [2.75, 3.05) is 16.8 Å². The lowest BCUT2D eigenvalue weighted by Gasteiger charge is -2.06. The number of halogens is 1. The number of aryl methyl sites for hydroxylation is 1. The molecule has 0 unspecified atom stereocenters. The Morgan fingerprint density at radius 3 is 2.37 bits per heavy atom. The largest absolute Gasteiger partial charge is 0.399 e. The van der Waals surface area contributed by atoms with Gasteiger partial charge in [-0.05, 0) is 31.2 Å². The normalized spacial score (nSPS) is 10.2. The van der Waals surface area contributed by atoms with Crippen molar-refractivity contribution in [1.82, 2.24) is 9.97 Å². The molecule has 0 bridgehead atoms. The molecule has 98 valence electrons. The maximum atomic E-state index is 12.0. The third-order valence-corrected chi connectivity index (χ3v) is 2.48. The van der Waals surface area contributed by atoms with Crippen LogP contribution in [0, 0.1) is 6.92 Å². The fourth-order valence-electron chi connectivity index (χ4n) is 1.57. The summed E-state index contributed by atoms with van der Waals surface area (Å²) in [6, 6.07) is 6.19. The van der Waals surface area contributed by atoms with Crippen LogP contribution in [0.15, 0.2) is 24.3 Å². The fourth-order valence-corrected chi connectivity index (χ4v) is 1.81. The van der Waals surface area contributed by atoms with E-state index in [0.717, 1.165) is 0 Å². The SMILES string of the molecule is Cc1cc(Cl)nc(NC(=O)c2cc(N)cc(N)c2)n1. The lowest BCUT2D eigenvalue weighted by Crippen LogP contribution is -2.15. The van der Waals surface area contributed by atoms with Crippen molar-refractivity contribution in [2.45, 2.75) is 6.92 Å². The van der Waals surface area contributed by atoms with Gasteiger partial charge < -0.3 is 11.5 Å². The first kappa shape index (κ1) is 13.1. The smallest absolute Gasteiger partial charge is 0.258 e. The van der Waals surface area contributed by atoms with Gasteiger partial charge in [0, 0.05) is 22.6 Å². The zero-order chi connectivity index (χ0) is 14.0. The first-order valence-electron chi connectivity index (χ1n) is 5.42. The number of benzene rings is 1. The molecule has 1 amide bonds. The molecule has 6 nitrogen and oxygen atoms in total. The van der Waals surface area contributed by atoms with Crippen LogP contribution in [0.25, 0.3) is 0 Å². The molecule has 0 atom stereocenters. The highest BCUT2D eigenvalue weighted by atomic mass is 35.5. The second kappa shape index (κ2) is 5.11. The molecule has 2 rings (SSSR count). The van der Waals surface area contributed by atoms with E-state index >= 15 is 0 Å². The number of anilines is 3. The molecule has 0 radical (unpaired) electrons. The molecular weight excluding hydrogens is 266 g/mol. The molecule has 1 aromatic carbocycles. The van der Waals surface area contributed by atoms with E-state index in [1.165, 1.54) is 12.1 Å². The Bertz CT molecular complexity index is 604. The summed E-state index contributed by atoms with van der Waals surface area (Å²) in [6.45, 7) is 1.75. The van der Waals surface area contributed by atoms with E-state index in [-0.39, 0.29) is 11.1 Å². The quantitative estimate of drug-likeness (QED) is 0.574. The van der Waals surface area contributed by atoms with Crippen LogP contribution in [0.5, 0.6) is 0 Å². The number of rotatable bonds is 2. The summed E-state index contributed by atoms with van der Waals surface area (Å²) < 4.78 is 0. The molecule has 0 aliphatic rings. The Labute approximate surface area is 114 Å². The number of nitrogens with zero attached hydrogens (tertiary/aromatic N) is 2. The van der Waals surface area contributed by atoms with Gasteiger partial charge in [-0.25, -0.2) is 9.97 Å². The topological polar surface area (TPSA) is 107 Å². The summed E-state index contributed by atoms with van der Waals surface area (Å²) in [5, 5.41) is 2.80. The molecule has 0 aliphatic heterocycles. The zero-order valence-corrected chi connectivity index (χ0v) is 10.9. The standard InChI is InChI=1S/C12H12ClN5O/c1-6-2-10(13)17-12(16-6)18-11(19)7-3-8(14)5-9(15)4-7/h2-5H,14-15H2,1H3,(H,16,17,18,19). The number of carbonyl (C=O) groups is 1. The number of aromatic nitrogens is 2. The summed E-state index contributed by atoms with van der Waals surface area (Å²) in [4.78, 5) is 20.0. The first-order chi connectivity index (χ1) is 8.94. The number of nitrogen functional groups attached to an aromatic ring is 2. The van der Waals surface area contributed by atoms with E-state index < -0.39 is 5.91 Å². The van der Waals surface area contributed by atoms with Gasteiger partial charge in [-0.1, -0.05) is 11.6 Å². The zero-order valence-electron chi connectivity index (χ0n) is 10.1. The van der Waals surface area contributed by atoms with Crippen molar-refractivity contribution in [3.8, 4) is 0 Å². The molecular formula is C12H12ClN5O. The van der Waals surface area contributed by atoms with Crippen molar-refractivity contribution >= 4 is 34.8 Å². The lowest BCUT2D eigenvalue weighted by atomic mass is 10.1. The van der Waals surface area contributed by atoms with Gasteiger partial charge in [-0.15, -0.1) is 0 Å². The molecule has 2 aromatic rings. The molecule has 0 saturated carbocycles. The molecule has 5 N–H and O–H groups in total. The van der Waals surface area contributed by atoms with Crippen LogP contribution in [-0.2, 0) is 0 Å². The molecule has 0 aliphatic carbocycles. The second-order valence-electron chi connectivity index (χ2n) is 4.00. The molecule has 0 spiro atoms. The predicted octanol–water partition coefficient (Wildman–Crippen LogP) is 1.86. The minimum Gasteiger partial charge on any atom is -0.399 e. The third-order valence-electron chi connectivity index (χ3n) is 2.29. The Kier molecular flexibility index (Phi) is 3.52. The average Bonchev–Trinajstić information content (AvgIpc) is 2.25. The molecule has 0 fully saturated rings. The maximum absolute atomic E-state index is 12.0. The minimum atomic E-state index is -0.402. The van der Waals surface area contributed by atoms with Crippen LogP contribution in [0.4, 0.5) is 17.3 Å². The van der Waals surface area contributed by atoms with Gasteiger partial charge in [-0.2, -0.15) is 0 Å². The van der Waals surface area contributed by atoms with E-state index in [2.05, 4.69) is 15.3 Å². The van der Waals surface area contributed by atoms with Crippen molar-refractivity contribution in [2.24, 2.45) is 0 Å². The van der Waals surface area contributed by atoms with Gasteiger partial charge in [0.1, 0.15) is 5.15 Å². The molecule has 1 heterocycles. The van der Waals surface area contributed by atoms with Crippen molar-refractivity contribution in [1.29, 1.82) is 0 Å². The molecule has 0 saturated heterocycles. The molecule has 19 heavy (non-hydrogen) atoms. The minimum absolute atomic E-state index is 0.135. The Balaban J connectivity index is 2.25. The highest BCUT2D eigenvalue weighted by molar-refractivity contribution is 6.29. The van der Waals surface area contributed by atoms with Crippen LogP contribution in [0.2, 0.25) is 5.15 Å². The van der Waals surface area contributed by atoms with Gasteiger partial charge in [0.05, 0.1) is 0 Å². The van der Waals surface area contributed by atoms with Crippen molar-refractivity contribution in [3.63, 3.8) is 0 Å². The summed E-state index contributed by atoms with van der Waals surface area (Å²) >= 11 is 5.79. The summed E-state index contributed by atoms with van der Waals surface area (Å²) in [5.74, 6) is -0.267. The third kappa shape index (κ3) is 3.32. The van der Waals surface area contributed by atoms with Crippen molar-refractivity contribution in [3.05, 3.63) is 40.7 Å². The van der Waals surface area contributed by atoms with Gasteiger partial charge in [0.2, 0.25) is 5.95 Å². The number of amides is 1. The second-order valence-corrected chi connectivity index (χ2v) is 4.39. The Morgan fingerprint density at radius 1 is 1.16 bits per heavy atom. The highest BCUT2D eigenvalue weighted by Gasteiger charge is 2.10. The molecule has 7 heteroatoms. The van der Waals surface area contributed by atoms with E-state index in [4.69, 9.17) is 23.1 Å². The lowest BCUT2D eigenvalue weighted by molar-refractivity contribution is 0.102. The average molecular weight is 278 g/mol. The number of hydrogen-bond acceptors (Lipinski definition) is 5. The number of nitrogens with two attached hydrogens (primary N) is 2. The summed E-state index contributed by atoms with van der Waals surface area (Å²) in [7, 11) is 0. The van der Waals surface area contributed by atoms with Crippen molar-refractivity contribution < 1.29 is 4.79 Å². The number of hydrogen-bond donors (Lipinski definition) is 3. The van der Waals surface area contributed by atoms with Crippen LogP contribution < -0.4 is 16.8 Å². The van der Waals surface area contributed by atoms with Crippen LogP contribution in [0.3, 0.4) is 0 Å². The van der Waals surface area contributed by atoms with Gasteiger partial charge in [0.25, 0.3) is 5.91 Å². The highest BCUT2D eigenvalue weighted by Crippen LogP contribution is 2.15. The monoisotopic (exact) mass is 277 g/mol.